The molecule has 1 aliphatic carbocycles. The minimum Gasteiger partial charge on any atom is -0.307 e. The first-order valence-corrected chi connectivity index (χ1v) is 12.7. The number of thiazole rings is 1. The van der Waals surface area contributed by atoms with E-state index in [-0.39, 0.29) is 6.03 Å². The van der Waals surface area contributed by atoms with Crippen LogP contribution >= 0.6 is 22.9 Å². The number of nitrogens with zero attached hydrogens (tertiary/aromatic N) is 2. The fourth-order valence-corrected chi connectivity index (χ4v) is 5.29. The summed E-state index contributed by atoms with van der Waals surface area (Å²) in [5.74, 6) is 0.697. The van der Waals surface area contributed by atoms with Crippen molar-refractivity contribution in [1.29, 1.82) is 0 Å². The number of urea groups is 1. The molecule has 0 aliphatic heterocycles. The predicted molar refractivity (Wildman–Crippen MR) is 136 cm³/mol. The van der Waals surface area contributed by atoms with E-state index in [1.165, 1.54) is 49.0 Å². The highest BCUT2D eigenvalue weighted by atomic mass is 35.5. The summed E-state index contributed by atoms with van der Waals surface area (Å²) in [5, 5.41) is 6.33. The minimum absolute atomic E-state index is 0.194. The number of benzene rings is 2. The molecule has 1 heterocycles. The van der Waals surface area contributed by atoms with Gasteiger partial charge in [-0.05, 0) is 55.4 Å². The molecule has 1 saturated carbocycles. The molecule has 32 heavy (non-hydrogen) atoms. The summed E-state index contributed by atoms with van der Waals surface area (Å²) in [6.07, 6.45) is 7.49. The van der Waals surface area contributed by atoms with E-state index >= 15 is 0 Å². The number of carbonyl (C=O) groups excluding carboxylic acids is 1. The average Bonchev–Trinajstić information content (AvgIpc) is 3.30. The van der Waals surface area contributed by atoms with Crippen molar-refractivity contribution in [3.05, 3.63) is 64.0 Å². The van der Waals surface area contributed by atoms with Gasteiger partial charge in [0.25, 0.3) is 0 Å². The van der Waals surface area contributed by atoms with Crippen LogP contribution in [0.3, 0.4) is 0 Å². The van der Waals surface area contributed by atoms with Gasteiger partial charge in [-0.25, -0.2) is 9.78 Å². The SMILES string of the molecule is CCCN(C(=O)Nc1ccc(C)c(Cl)c1)c1nc(-c2ccc(C3CCCCC3)cc2)cs1. The zero-order chi connectivity index (χ0) is 22.5. The lowest BCUT2D eigenvalue weighted by atomic mass is 9.84. The molecule has 1 fully saturated rings. The molecule has 4 rings (SSSR count). The Morgan fingerprint density at radius 1 is 1.16 bits per heavy atom. The number of anilines is 2. The Morgan fingerprint density at radius 3 is 2.59 bits per heavy atom. The van der Waals surface area contributed by atoms with Crippen LogP contribution < -0.4 is 10.2 Å². The van der Waals surface area contributed by atoms with Crippen molar-refractivity contribution in [1.82, 2.24) is 4.98 Å². The van der Waals surface area contributed by atoms with E-state index in [9.17, 15) is 4.79 Å². The number of carbonyl (C=O) groups is 1. The van der Waals surface area contributed by atoms with Gasteiger partial charge < -0.3 is 5.32 Å². The maximum Gasteiger partial charge on any atom is 0.328 e. The number of hydrogen-bond donors (Lipinski definition) is 1. The minimum atomic E-state index is -0.194. The fourth-order valence-electron chi connectivity index (χ4n) is 4.25. The van der Waals surface area contributed by atoms with Crippen molar-refractivity contribution in [3.8, 4) is 11.3 Å². The standard InChI is InChI=1S/C26H30ClN3OS/c1-3-15-30(25(31)28-22-14-9-18(2)23(27)16-22)26-29-24(17-32-26)21-12-10-20(11-13-21)19-7-5-4-6-8-19/h9-14,16-17,19H,3-8,15H2,1-2H3,(H,28,31). The van der Waals surface area contributed by atoms with Crippen LogP contribution in [0.5, 0.6) is 0 Å². The molecule has 0 spiro atoms. The summed E-state index contributed by atoms with van der Waals surface area (Å²) in [6.45, 7) is 4.59. The summed E-state index contributed by atoms with van der Waals surface area (Å²) >= 11 is 7.71. The third kappa shape index (κ3) is 5.33. The van der Waals surface area contributed by atoms with E-state index in [0.29, 0.717) is 28.3 Å². The van der Waals surface area contributed by atoms with Gasteiger partial charge in [-0.2, -0.15) is 0 Å². The lowest BCUT2D eigenvalue weighted by Crippen LogP contribution is -2.35. The van der Waals surface area contributed by atoms with E-state index in [2.05, 4.69) is 36.5 Å². The van der Waals surface area contributed by atoms with Crippen LogP contribution in [-0.2, 0) is 0 Å². The highest BCUT2D eigenvalue weighted by Crippen LogP contribution is 2.34. The second kappa shape index (κ2) is 10.5. The molecule has 0 saturated heterocycles. The highest BCUT2D eigenvalue weighted by molar-refractivity contribution is 7.14. The van der Waals surface area contributed by atoms with Gasteiger partial charge in [-0.15, -0.1) is 11.3 Å². The van der Waals surface area contributed by atoms with Gasteiger partial charge in [0.2, 0.25) is 0 Å². The van der Waals surface area contributed by atoms with Crippen molar-refractivity contribution in [2.24, 2.45) is 0 Å². The predicted octanol–water partition coefficient (Wildman–Crippen LogP) is 8.27. The molecule has 2 aromatic carbocycles. The van der Waals surface area contributed by atoms with Gasteiger partial charge in [0, 0.05) is 28.2 Å². The van der Waals surface area contributed by atoms with Crippen LogP contribution in [-0.4, -0.2) is 17.6 Å². The van der Waals surface area contributed by atoms with Crippen LogP contribution in [0.1, 0.15) is 62.5 Å². The molecule has 4 nitrogen and oxygen atoms in total. The van der Waals surface area contributed by atoms with E-state index in [4.69, 9.17) is 16.6 Å². The molecule has 1 aromatic heterocycles. The number of nitrogens with one attached hydrogen (secondary N) is 1. The number of rotatable bonds is 6. The van der Waals surface area contributed by atoms with Crippen LogP contribution in [0, 0.1) is 6.92 Å². The first-order chi connectivity index (χ1) is 15.5. The lowest BCUT2D eigenvalue weighted by molar-refractivity contribution is 0.257. The molecule has 3 aromatic rings. The lowest BCUT2D eigenvalue weighted by Gasteiger charge is -2.22. The molecule has 168 valence electrons. The zero-order valence-electron chi connectivity index (χ0n) is 18.7. The van der Waals surface area contributed by atoms with E-state index in [0.717, 1.165) is 23.2 Å². The third-order valence-electron chi connectivity index (χ3n) is 6.12. The topological polar surface area (TPSA) is 45.2 Å². The summed E-state index contributed by atoms with van der Waals surface area (Å²) in [6, 6.07) is 14.2. The highest BCUT2D eigenvalue weighted by Gasteiger charge is 2.20. The largest absolute Gasteiger partial charge is 0.328 e. The Morgan fingerprint density at radius 2 is 1.91 bits per heavy atom. The normalized spacial score (nSPS) is 14.3. The number of aryl methyl sites for hydroxylation is 1. The van der Waals surface area contributed by atoms with Gasteiger partial charge in [-0.3, -0.25) is 4.90 Å². The number of hydrogen-bond acceptors (Lipinski definition) is 3. The molecule has 0 bridgehead atoms. The molecule has 1 N–H and O–H groups in total. The molecule has 0 atom stereocenters. The Hall–Kier alpha value is -2.37. The number of halogens is 1. The summed E-state index contributed by atoms with van der Waals surface area (Å²) in [5.41, 5.74) is 5.10. The van der Waals surface area contributed by atoms with Gasteiger partial charge >= 0.3 is 6.03 Å². The molecular formula is C26H30ClN3OS. The zero-order valence-corrected chi connectivity index (χ0v) is 20.3. The summed E-state index contributed by atoms with van der Waals surface area (Å²) in [4.78, 5) is 19.5. The first-order valence-electron chi connectivity index (χ1n) is 11.5. The maximum absolute atomic E-state index is 13.0. The first kappa shape index (κ1) is 22.8. The van der Waals surface area contributed by atoms with Crippen LogP contribution in [0.4, 0.5) is 15.6 Å². The molecule has 6 heteroatoms. The van der Waals surface area contributed by atoms with Crippen molar-refractivity contribution in [2.75, 3.05) is 16.8 Å². The quantitative estimate of drug-likeness (QED) is 0.396. The van der Waals surface area contributed by atoms with Crippen molar-refractivity contribution >= 4 is 39.8 Å². The van der Waals surface area contributed by atoms with Crippen molar-refractivity contribution in [2.45, 2.75) is 58.3 Å². The molecule has 2 amide bonds. The Bertz CT molecular complexity index is 1060. The fraction of sp³-hybridized carbons (Fsp3) is 0.385. The maximum atomic E-state index is 13.0. The third-order valence-corrected chi connectivity index (χ3v) is 7.39. The summed E-state index contributed by atoms with van der Waals surface area (Å²) < 4.78 is 0. The second-order valence-corrected chi connectivity index (χ2v) is 9.76. The van der Waals surface area contributed by atoms with Gasteiger partial charge in [0.05, 0.1) is 5.69 Å². The Labute approximate surface area is 199 Å². The van der Waals surface area contributed by atoms with Crippen molar-refractivity contribution < 1.29 is 4.79 Å². The number of amides is 2. The second-order valence-electron chi connectivity index (χ2n) is 8.52. The number of aromatic nitrogens is 1. The van der Waals surface area contributed by atoms with Crippen LogP contribution in [0.2, 0.25) is 5.02 Å². The molecule has 0 unspecified atom stereocenters. The van der Waals surface area contributed by atoms with Gasteiger partial charge in [-0.1, -0.05) is 68.1 Å². The van der Waals surface area contributed by atoms with Gasteiger partial charge in [0.15, 0.2) is 5.13 Å². The molecule has 0 radical (unpaired) electrons. The van der Waals surface area contributed by atoms with Gasteiger partial charge in [0.1, 0.15) is 0 Å². The monoisotopic (exact) mass is 467 g/mol. The Kier molecular flexibility index (Phi) is 7.48. The van der Waals surface area contributed by atoms with Crippen LogP contribution in [0.15, 0.2) is 47.8 Å². The van der Waals surface area contributed by atoms with E-state index in [1.54, 1.807) is 11.0 Å². The Balaban J connectivity index is 1.49. The smallest absolute Gasteiger partial charge is 0.307 e. The molecule has 1 aliphatic rings. The van der Waals surface area contributed by atoms with Crippen LogP contribution in [0.25, 0.3) is 11.3 Å². The average molecular weight is 468 g/mol. The molecular weight excluding hydrogens is 438 g/mol. The summed E-state index contributed by atoms with van der Waals surface area (Å²) in [7, 11) is 0. The van der Waals surface area contributed by atoms with E-state index < -0.39 is 0 Å². The van der Waals surface area contributed by atoms with Crippen molar-refractivity contribution in [3.63, 3.8) is 0 Å². The van der Waals surface area contributed by atoms with E-state index in [1.807, 2.05) is 24.4 Å².